The molecule has 2 fully saturated rings. The molecule has 1 aliphatic heterocycles. The van der Waals surface area contributed by atoms with Gasteiger partial charge in [0, 0.05) is 31.9 Å². The molecule has 0 unspecified atom stereocenters. The molecular formula is C17H20F3N3O2. The van der Waals surface area contributed by atoms with E-state index in [1.807, 2.05) is 7.05 Å². The fourth-order valence-electron chi connectivity index (χ4n) is 3.00. The molecule has 8 heteroatoms. The fraction of sp³-hybridized carbons (Fsp3) is 0.529. The van der Waals surface area contributed by atoms with Gasteiger partial charge in [0.25, 0.3) is 0 Å². The maximum absolute atomic E-state index is 12.8. The fourth-order valence-corrected chi connectivity index (χ4v) is 3.00. The molecule has 1 heterocycles. The number of hydrogen-bond acceptors (Lipinski definition) is 3. The van der Waals surface area contributed by atoms with Crippen molar-refractivity contribution in [3.8, 4) is 0 Å². The first-order chi connectivity index (χ1) is 11.7. The van der Waals surface area contributed by atoms with Crippen molar-refractivity contribution in [3.63, 3.8) is 0 Å². The number of carbonyl (C=O) groups excluding carboxylic acids is 2. The molecule has 136 valence electrons. The van der Waals surface area contributed by atoms with E-state index in [4.69, 9.17) is 0 Å². The molecule has 5 nitrogen and oxygen atoms in total. The summed E-state index contributed by atoms with van der Waals surface area (Å²) in [5.41, 5.74) is -1.90. The van der Waals surface area contributed by atoms with Gasteiger partial charge in [0.2, 0.25) is 11.8 Å². The summed E-state index contributed by atoms with van der Waals surface area (Å²) in [5, 5.41) is 2.49. The Hall–Kier alpha value is -2.09. The standard InChI is InChI=1S/C17H20F3N3O2/c1-22-7-9-23(10-8-22)15(25)16(5-6-16)14(24)21-13-4-2-3-12(11-13)17(18,19)20/h2-4,11H,5-10H2,1H3,(H,21,24). The minimum atomic E-state index is -4.48. The minimum absolute atomic E-state index is 0.0530. The quantitative estimate of drug-likeness (QED) is 0.846. The molecule has 0 atom stereocenters. The van der Waals surface area contributed by atoms with Crippen LogP contribution < -0.4 is 5.32 Å². The van der Waals surface area contributed by atoms with Crippen LogP contribution in [0.15, 0.2) is 24.3 Å². The summed E-state index contributed by atoms with van der Waals surface area (Å²) in [6.07, 6.45) is -3.61. The van der Waals surface area contributed by atoms with Crippen molar-refractivity contribution in [2.45, 2.75) is 19.0 Å². The summed E-state index contributed by atoms with van der Waals surface area (Å²) in [6, 6.07) is 4.45. The normalized spacial score (nSPS) is 20.2. The topological polar surface area (TPSA) is 52.7 Å². The number of piperazine rings is 1. The van der Waals surface area contributed by atoms with Gasteiger partial charge in [-0.2, -0.15) is 13.2 Å². The van der Waals surface area contributed by atoms with Gasteiger partial charge in [-0.25, -0.2) is 0 Å². The van der Waals surface area contributed by atoms with Gasteiger partial charge >= 0.3 is 6.18 Å². The molecule has 2 aliphatic rings. The number of likely N-dealkylation sites (N-methyl/N-ethyl adjacent to an activating group) is 1. The lowest BCUT2D eigenvalue weighted by Gasteiger charge is -2.34. The summed E-state index contributed by atoms with van der Waals surface area (Å²) in [5.74, 6) is -0.735. The summed E-state index contributed by atoms with van der Waals surface area (Å²) in [7, 11) is 1.97. The van der Waals surface area contributed by atoms with Crippen LogP contribution in [0.25, 0.3) is 0 Å². The lowest BCUT2D eigenvalue weighted by Crippen LogP contribution is -2.51. The van der Waals surface area contributed by atoms with Crippen molar-refractivity contribution in [2.75, 3.05) is 38.5 Å². The number of nitrogens with one attached hydrogen (secondary N) is 1. The molecule has 1 aromatic carbocycles. The van der Waals surface area contributed by atoms with Crippen LogP contribution in [0.1, 0.15) is 18.4 Å². The summed E-state index contributed by atoms with van der Waals surface area (Å²) in [6.45, 7) is 2.62. The zero-order valence-corrected chi connectivity index (χ0v) is 13.9. The highest BCUT2D eigenvalue weighted by atomic mass is 19.4. The van der Waals surface area contributed by atoms with Gasteiger partial charge in [0.1, 0.15) is 5.41 Å². The number of amides is 2. The third-order valence-electron chi connectivity index (χ3n) is 4.83. The number of halogens is 3. The third-order valence-corrected chi connectivity index (χ3v) is 4.83. The van der Waals surface area contributed by atoms with Gasteiger partial charge in [-0.1, -0.05) is 6.07 Å². The Labute approximate surface area is 143 Å². The van der Waals surface area contributed by atoms with Crippen LogP contribution in [-0.4, -0.2) is 54.8 Å². The Morgan fingerprint density at radius 3 is 2.32 bits per heavy atom. The van der Waals surface area contributed by atoms with Gasteiger partial charge in [-0.05, 0) is 38.1 Å². The smallest absolute Gasteiger partial charge is 0.339 e. The summed E-state index contributed by atoms with van der Waals surface area (Å²) >= 11 is 0. The number of anilines is 1. The van der Waals surface area contributed by atoms with Crippen molar-refractivity contribution in [2.24, 2.45) is 5.41 Å². The average Bonchev–Trinajstić information content (AvgIpc) is 3.36. The first-order valence-corrected chi connectivity index (χ1v) is 8.19. The average molecular weight is 355 g/mol. The largest absolute Gasteiger partial charge is 0.416 e. The number of nitrogens with zero attached hydrogens (tertiary/aromatic N) is 2. The molecular weight excluding hydrogens is 335 g/mol. The Morgan fingerprint density at radius 1 is 1.12 bits per heavy atom. The SMILES string of the molecule is CN1CCN(C(=O)C2(C(=O)Nc3cccc(C(F)(F)F)c3)CC2)CC1. The van der Waals surface area contributed by atoms with Crippen molar-refractivity contribution < 1.29 is 22.8 Å². The van der Waals surface area contributed by atoms with Gasteiger partial charge in [-0.15, -0.1) is 0 Å². The molecule has 2 amide bonds. The van der Waals surface area contributed by atoms with Crippen molar-refractivity contribution in [1.82, 2.24) is 9.80 Å². The van der Waals surface area contributed by atoms with E-state index in [9.17, 15) is 22.8 Å². The highest BCUT2D eigenvalue weighted by Gasteiger charge is 2.58. The minimum Gasteiger partial charge on any atom is -0.339 e. The molecule has 1 saturated carbocycles. The molecule has 1 N–H and O–H groups in total. The van der Waals surface area contributed by atoms with Crippen LogP contribution in [0, 0.1) is 5.41 Å². The molecule has 3 rings (SSSR count). The van der Waals surface area contributed by atoms with E-state index in [2.05, 4.69) is 10.2 Å². The van der Waals surface area contributed by atoms with Crippen LogP contribution in [-0.2, 0) is 15.8 Å². The van der Waals surface area contributed by atoms with E-state index < -0.39 is 23.1 Å². The van der Waals surface area contributed by atoms with E-state index in [0.29, 0.717) is 25.9 Å². The Morgan fingerprint density at radius 2 is 1.76 bits per heavy atom. The second-order valence-electron chi connectivity index (χ2n) is 6.71. The molecule has 0 radical (unpaired) electrons. The number of hydrogen-bond donors (Lipinski definition) is 1. The Kier molecular flexibility index (Phi) is 4.49. The van der Waals surface area contributed by atoms with E-state index in [-0.39, 0.29) is 11.6 Å². The first-order valence-electron chi connectivity index (χ1n) is 8.19. The van der Waals surface area contributed by atoms with Crippen LogP contribution in [0.5, 0.6) is 0 Å². The lowest BCUT2D eigenvalue weighted by atomic mass is 10.0. The summed E-state index contributed by atoms with van der Waals surface area (Å²) < 4.78 is 38.3. The van der Waals surface area contributed by atoms with E-state index in [0.717, 1.165) is 25.2 Å². The van der Waals surface area contributed by atoms with Crippen molar-refractivity contribution >= 4 is 17.5 Å². The lowest BCUT2D eigenvalue weighted by molar-refractivity contribution is -0.143. The Balaban J connectivity index is 1.70. The second kappa shape index (κ2) is 6.33. The van der Waals surface area contributed by atoms with Crippen molar-refractivity contribution in [3.05, 3.63) is 29.8 Å². The monoisotopic (exact) mass is 355 g/mol. The van der Waals surface area contributed by atoms with Crippen LogP contribution in [0.4, 0.5) is 18.9 Å². The zero-order valence-electron chi connectivity index (χ0n) is 13.9. The molecule has 1 aromatic rings. The van der Waals surface area contributed by atoms with Crippen LogP contribution >= 0.6 is 0 Å². The predicted molar refractivity (Wildman–Crippen MR) is 85.8 cm³/mol. The molecule has 25 heavy (non-hydrogen) atoms. The first kappa shape index (κ1) is 17.7. The molecule has 0 aromatic heterocycles. The van der Waals surface area contributed by atoms with Gasteiger partial charge < -0.3 is 15.1 Å². The molecule has 1 saturated heterocycles. The van der Waals surface area contributed by atoms with E-state index in [1.54, 1.807) is 4.90 Å². The van der Waals surface area contributed by atoms with Crippen LogP contribution in [0.3, 0.4) is 0 Å². The molecule has 0 bridgehead atoms. The van der Waals surface area contributed by atoms with Gasteiger partial charge in [0.05, 0.1) is 5.56 Å². The number of alkyl halides is 3. The zero-order chi connectivity index (χ0) is 18.2. The van der Waals surface area contributed by atoms with Gasteiger partial charge in [0.15, 0.2) is 0 Å². The highest BCUT2D eigenvalue weighted by molar-refractivity contribution is 6.13. The highest BCUT2D eigenvalue weighted by Crippen LogP contribution is 2.48. The third kappa shape index (κ3) is 3.63. The maximum atomic E-state index is 12.8. The number of carbonyl (C=O) groups is 2. The molecule has 0 spiro atoms. The maximum Gasteiger partial charge on any atom is 0.416 e. The number of rotatable bonds is 3. The summed E-state index contributed by atoms with van der Waals surface area (Å²) in [4.78, 5) is 29.1. The van der Waals surface area contributed by atoms with E-state index >= 15 is 0 Å². The van der Waals surface area contributed by atoms with E-state index in [1.165, 1.54) is 12.1 Å². The van der Waals surface area contributed by atoms with Crippen molar-refractivity contribution in [1.29, 1.82) is 0 Å². The van der Waals surface area contributed by atoms with Crippen LogP contribution in [0.2, 0.25) is 0 Å². The Bertz CT molecular complexity index is 678. The van der Waals surface area contributed by atoms with Gasteiger partial charge in [-0.3, -0.25) is 9.59 Å². The predicted octanol–water partition coefficient (Wildman–Crippen LogP) is 2.20. The number of benzene rings is 1. The molecule has 1 aliphatic carbocycles. The second-order valence-corrected chi connectivity index (χ2v) is 6.71.